The van der Waals surface area contributed by atoms with Gasteiger partial charge in [-0.25, -0.2) is 4.68 Å². The van der Waals surface area contributed by atoms with Gasteiger partial charge in [-0.1, -0.05) is 11.6 Å². The largest absolute Gasteiger partial charge is 0.369 e. The zero-order valence-corrected chi connectivity index (χ0v) is 14.2. The molecule has 1 aliphatic heterocycles. The van der Waals surface area contributed by atoms with Crippen LogP contribution >= 0.6 is 11.6 Å². The van der Waals surface area contributed by atoms with Crippen LogP contribution in [0.2, 0.25) is 5.02 Å². The minimum atomic E-state index is -0.0898. The first kappa shape index (κ1) is 15.8. The first-order valence-corrected chi connectivity index (χ1v) is 8.41. The Bertz CT molecular complexity index is 937. The van der Waals surface area contributed by atoms with E-state index in [2.05, 4.69) is 20.0 Å². The zero-order chi connectivity index (χ0) is 17.2. The lowest BCUT2D eigenvalue weighted by Crippen LogP contribution is -2.49. The van der Waals surface area contributed by atoms with Gasteiger partial charge in [-0.2, -0.15) is 5.10 Å². The quantitative estimate of drug-likeness (QED) is 0.721. The number of pyridine rings is 2. The number of rotatable bonds is 4. The van der Waals surface area contributed by atoms with Gasteiger partial charge in [0, 0.05) is 55.4 Å². The van der Waals surface area contributed by atoms with Gasteiger partial charge in [0.1, 0.15) is 0 Å². The van der Waals surface area contributed by atoms with Crippen molar-refractivity contribution in [3.63, 3.8) is 0 Å². The van der Waals surface area contributed by atoms with Crippen LogP contribution in [0.3, 0.4) is 0 Å². The maximum Gasteiger partial charge on any atom is 0.266 e. The summed E-state index contributed by atoms with van der Waals surface area (Å²) in [6, 6.07) is 8.99. The van der Waals surface area contributed by atoms with Gasteiger partial charge in [-0.05, 0) is 24.3 Å². The van der Waals surface area contributed by atoms with Gasteiger partial charge in [-0.3, -0.25) is 14.8 Å². The second-order valence-electron chi connectivity index (χ2n) is 6.08. The fourth-order valence-electron chi connectivity index (χ4n) is 3.00. The first-order chi connectivity index (χ1) is 12.2. The maximum atomic E-state index is 12.1. The molecule has 4 heterocycles. The third-order valence-corrected chi connectivity index (χ3v) is 4.60. The number of anilines is 1. The van der Waals surface area contributed by atoms with Crippen molar-refractivity contribution in [3.8, 4) is 11.3 Å². The number of hydrogen-bond acceptors (Lipinski definition) is 5. The highest BCUT2D eigenvalue weighted by molar-refractivity contribution is 6.33. The van der Waals surface area contributed by atoms with Crippen LogP contribution in [0.4, 0.5) is 5.69 Å². The standard InChI is InChI=1S/C18H16ClN5O/c19-15-9-21-7-5-17(15)23-10-13(11-23)12-24-18(25)4-3-16(22-24)14-2-1-6-20-8-14/h1-9,13H,10-12H2. The zero-order valence-electron chi connectivity index (χ0n) is 13.4. The van der Waals surface area contributed by atoms with Gasteiger partial charge < -0.3 is 4.90 Å². The van der Waals surface area contributed by atoms with Crippen LogP contribution < -0.4 is 10.5 Å². The summed E-state index contributed by atoms with van der Waals surface area (Å²) in [7, 11) is 0. The first-order valence-electron chi connectivity index (χ1n) is 8.04. The van der Waals surface area contributed by atoms with Gasteiger partial charge in [-0.15, -0.1) is 0 Å². The average molecular weight is 354 g/mol. The Morgan fingerprint density at radius 1 is 1.08 bits per heavy atom. The predicted octanol–water partition coefficient (Wildman–Crippen LogP) is 2.49. The molecule has 0 N–H and O–H groups in total. The monoisotopic (exact) mass is 353 g/mol. The Balaban J connectivity index is 1.47. The highest BCUT2D eigenvalue weighted by atomic mass is 35.5. The molecule has 126 valence electrons. The molecular formula is C18H16ClN5O. The van der Waals surface area contributed by atoms with E-state index in [1.807, 2.05) is 18.2 Å². The molecule has 6 nitrogen and oxygen atoms in total. The second kappa shape index (κ2) is 6.64. The molecule has 7 heteroatoms. The van der Waals surface area contributed by atoms with Crippen molar-refractivity contribution < 1.29 is 0 Å². The number of halogens is 1. The van der Waals surface area contributed by atoms with Crippen molar-refractivity contribution in [2.24, 2.45) is 5.92 Å². The summed E-state index contributed by atoms with van der Waals surface area (Å²) >= 11 is 6.18. The third kappa shape index (κ3) is 3.25. The molecule has 0 amide bonds. The van der Waals surface area contributed by atoms with Crippen molar-refractivity contribution >= 4 is 17.3 Å². The fraction of sp³-hybridized carbons (Fsp3) is 0.222. The molecule has 3 aromatic rings. The Hall–Kier alpha value is -2.73. The molecule has 0 spiro atoms. The molecule has 3 aromatic heterocycles. The molecule has 1 fully saturated rings. The van der Waals surface area contributed by atoms with E-state index in [1.165, 1.54) is 0 Å². The number of hydrogen-bond donors (Lipinski definition) is 0. The molecule has 0 saturated carbocycles. The fourth-order valence-corrected chi connectivity index (χ4v) is 3.24. The Morgan fingerprint density at radius 2 is 1.92 bits per heavy atom. The molecule has 0 aliphatic carbocycles. The van der Waals surface area contributed by atoms with Crippen molar-refractivity contribution in [2.75, 3.05) is 18.0 Å². The lowest BCUT2D eigenvalue weighted by Gasteiger charge is -2.41. The molecule has 1 aliphatic rings. The van der Waals surface area contributed by atoms with E-state index in [0.717, 1.165) is 30.0 Å². The predicted molar refractivity (Wildman–Crippen MR) is 96.7 cm³/mol. The molecular weight excluding hydrogens is 338 g/mol. The van der Waals surface area contributed by atoms with E-state index in [1.54, 1.807) is 41.6 Å². The van der Waals surface area contributed by atoms with E-state index in [9.17, 15) is 4.79 Å². The summed E-state index contributed by atoms with van der Waals surface area (Å²) in [5.74, 6) is 0.360. The van der Waals surface area contributed by atoms with Gasteiger partial charge in [0.15, 0.2) is 0 Å². The van der Waals surface area contributed by atoms with E-state index in [-0.39, 0.29) is 5.56 Å². The van der Waals surface area contributed by atoms with Gasteiger partial charge in [0.05, 0.1) is 22.9 Å². The molecule has 0 radical (unpaired) electrons. The summed E-state index contributed by atoms with van der Waals surface area (Å²) < 4.78 is 1.54. The molecule has 25 heavy (non-hydrogen) atoms. The van der Waals surface area contributed by atoms with E-state index in [4.69, 9.17) is 11.6 Å². The summed E-state index contributed by atoms with van der Waals surface area (Å²) in [6.07, 6.45) is 6.84. The van der Waals surface area contributed by atoms with Crippen LogP contribution in [0.5, 0.6) is 0 Å². The number of nitrogens with zero attached hydrogens (tertiary/aromatic N) is 5. The minimum Gasteiger partial charge on any atom is -0.369 e. The molecule has 0 atom stereocenters. The molecule has 1 saturated heterocycles. The van der Waals surface area contributed by atoms with Crippen LogP contribution in [0, 0.1) is 5.92 Å². The highest BCUT2D eigenvalue weighted by Crippen LogP contribution is 2.30. The summed E-state index contributed by atoms with van der Waals surface area (Å²) in [5.41, 5.74) is 2.54. The average Bonchev–Trinajstić information content (AvgIpc) is 2.61. The molecule has 0 bridgehead atoms. The topological polar surface area (TPSA) is 63.9 Å². The van der Waals surface area contributed by atoms with Gasteiger partial charge in [0.2, 0.25) is 0 Å². The van der Waals surface area contributed by atoms with E-state index in [0.29, 0.717) is 17.5 Å². The highest BCUT2D eigenvalue weighted by Gasteiger charge is 2.29. The smallest absolute Gasteiger partial charge is 0.266 e. The summed E-state index contributed by atoms with van der Waals surface area (Å²) in [4.78, 5) is 22.4. The van der Waals surface area contributed by atoms with Crippen LogP contribution in [-0.2, 0) is 6.54 Å². The van der Waals surface area contributed by atoms with E-state index < -0.39 is 0 Å². The lowest BCUT2D eigenvalue weighted by molar-refractivity contribution is 0.335. The Morgan fingerprint density at radius 3 is 2.68 bits per heavy atom. The van der Waals surface area contributed by atoms with Crippen molar-refractivity contribution in [2.45, 2.75) is 6.54 Å². The molecule has 0 aromatic carbocycles. The van der Waals surface area contributed by atoms with E-state index >= 15 is 0 Å². The lowest BCUT2D eigenvalue weighted by atomic mass is 9.99. The Kier molecular flexibility index (Phi) is 4.19. The van der Waals surface area contributed by atoms with Gasteiger partial charge in [0.25, 0.3) is 5.56 Å². The SMILES string of the molecule is O=c1ccc(-c2cccnc2)nn1CC1CN(c2ccncc2Cl)C1. The molecule has 0 unspecified atom stereocenters. The minimum absolute atomic E-state index is 0.0898. The van der Waals surface area contributed by atoms with Crippen molar-refractivity contribution in [3.05, 3.63) is 70.5 Å². The van der Waals surface area contributed by atoms with Crippen molar-refractivity contribution in [1.29, 1.82) is 0 Å². The van der Waals surface area contributed by atoms with Gasteiger partial charge >= 0.3 is 0 Å². The van der Waals surface area contributed by atoms with Crippen LogP contribution in [-0.4, -0.2) is 32.8 Å². The Labute approximate surface area is 149 Å². The van der Waals surface area contributed by atoms with Crippen LogP contribution in [0.15, 0.2) is 59.9 Å². The van der Waals surface area contributed by atoms with Crippen LogP contribution in [0.1, 0.15) is 0 Å². The van der Waals surface area contributed by atoms with Crippen LogP contribution in [0.25, 0.3) is 11.3 Å². The molecule has 4 rings (SSSR count). The number of aromatic nitrogens is 4. The summed E-state index contributed by atoms with van der Waals surface area (Å²) in [6.45, 7) is 2.27. The van der Waals surface area contributed by atoms with Crippen molar-refractivity contribution in [1.82, 2.24) is 19.7 Å². The maximum absolute atomic E-state index is 12.1. The second-order valence-corrected chi connectivity index (χ2v) is 6.49. The summed E-state index contributed by atoms with van der Waals surface area (Å²) in [5, 5.41) is 5.14. The normalized spacial score (nSPS) is 14.4. The third-order valence-electron chi connectivity index (χ3n) is 4.30.